The molecule has 19 heavy (non-hydrogen) atoms. The van der Waals surface area contributed by atoms with Gasteiger partial charge in [0, 0.05) is 5.56 Å². The predicted molar refractivity (Wildman–Crippen MR) is 80.2 cm³/mol. The molecule has 0 aliphatic heterocycles. The highest BCUT2D eigenvalue weighted by Gasteiger charge is 2.25. The van der Waals surface area contributed by atoms with E-state index < -0.39 is 0 Å². The van der Waals surface area contributed by atoms with Gasteiger partial charge in [-0.05, 0) is 55.0 Å². The standard InChI is InChI=1S/C15H16ClN3/c1-8-6-10(9-2-3-9)7-11(16)14(8)13-5-4-12(17)15(18)19-13/h4-7,9H,2-3,17H2,1H3,(H2,18,19). The number of aryl methyl sites for hydroxylation is 1. The molecule has 98 valence electrons. The first kappa shape index (κ1) is 12.3. The van der Waals surface area contributed by atoms with Crippen LogP contribution < -0.4 is 11.5 Å². The molecular formula is C15H16ClN3. The van der Waals surface area contributed by atoms with Crippen molar-refractivity contribution in [2.75, 3.05) is 11.5 Å². The average molecular weight is 274 g/mol. The van der Waals surface area contributed by atoms with E-state index in [1.807, 2.05) is 6.07 Å². The summed E-state index contributed by atoms with van der Waals surface area (Å²) in [6.07, 6.45) is 2.53. The zero-order valence-electron chi connectivity index (χ0n) is 10.8. The lowest BCUT2D eigenvalue weighted by atomic mass is 9.99. The van der Waals surface area contributed by atoms with E-state index in [0.29, 0.717) is 17.4 Å². The maximum Gasteiger partial charge on any atom is 0.147 e. The molecule has 1 fully saturated rings. The minimum absolute atomic E-state index is 0.347. The maximum absolute atomic E-state index is 6.42. The van der Waals surface area contributed by atoms with Gasteiger partial charge in [-0.2, -0.15) is 0 Å². The monoisotopic (exact) mass is 273 g/mol. The fourth-order valence-electron chi connectivity index (χ4n) is 2.37. The largest absolute Gasteiger partial charge is 0.396 e. The second-order valence-electron chi connectivity index (χ2n) is 5.14. The number of nitrogens with zero attached hydrogens (tertiary/aromatic N) is 1. The fraction of sp³-hybridized carbons (Fsp3) is 0.267. The van der Waals surface area contributed by atoms with Crippen LogP contribution in [0, 0.1) is 6.92 Å². The molecule has 1 aromatic heterocycles. The minimum Gasteiger partial charge on any atom is -0.396 e. The van der Waals surface area contributed by atoms with Crippen LogP contribution in [0.25, 0.3) is 11.3 Å². The average Bonchev–Trinajstić information content (AvgIpc) is 3.16. The van der Waals surface area contributed by atoms with Gasteiger partial charge < -0.3 is 11.5 Å². The lowest BCUT2D eigenvalue weighted by Gasteiger charge is -2.11. The topological polar surface area (TPSA) is 64.9 Å². The molecular weight excluding hydrogens is 258 g/mol. The zero-order chi connectivity index (χ0) is 13.6. The number of nitrogen functional groups attached to an aromatic ring is 2. The molecule has 0 unspecified atom stereocenters. The number of nitrogens with two attached hydrogens (primary N) is 2. The molecule has 0 amide bonds. The van der Waals surface area contributed by atoms with Crippen LogP contribution in [0.2, 0.25) is 5.02 Å². The molecule has 1 aliphatic carbocycles. The van der Waals surface area contributed by atoms with Crippen molar-refractivity contribution in [3.05, 3.63) is 40.4 Å². The number of halogens is 1. The van der Waals surface area contributed by atoms with Crippen molar-refractivity contribution < 1.29 is 0 Å². The van der Waals surface area contributed by atoms with Crippen molar-refractivity contribution in [1.29, 1.82) is 0 Å². The van der Waals surface area contributed by atoms with E-state index in [1.54, 1.807) is 6.07 Å². The zero-order valence-corrected chi connectivity index (χ0v) is 11.5. The van der Waals surface area contributed by atoms with Crippen LogP contribution in [-0.4, -0.2) is 4.98 Å². The summed E-state index contributed by atoms with van der Waals surface area (Å²) in [4.78, 5) is 4.32. The third-order valence-electron chi connectivity index (χ3n) is 3.57. The Bertz CT molecular complexity index is 625. The smallest absolute Gasteiger partial charge is 0.147 e. The minimum atomic E-state index is 0.347. The number of pyridine rings is 1. The highest BCUT2D eigenvalue weighted by Crippen LogP contribution is 2.43. The molecule has 3 nitrogen and oxygen atoms in total. The van der Waals surface area contributed by atoms with Gasteiger partial charge in [-0.3, -0.25) is 0 Å². The van der Waals surface area contributed by atoms with Gasteiger partial charge in [0.15, 0.2) is 0 Å². The molecule has 1 heterocycles. The summed E-state index contributed by atoms with van der Waals surface area (Å²) >= 11 is 6.42. The van der Waals surface area contributed by atoms with Gasteiger partial charge in [-0.15, -0.1) is 0 Å². The molecule has 1 saturated carbocycles. The van der Waals surface area contributed by atoms with Gasteiger partial charge in [0.2, 0.25) is 0 Å². The number of aromatic nitrogens is 1. The fourth-order valence-corrected chi connectivity index (χ4v) is 2.74. The number of hydrogen-bond donors (Lipinski definition) is 2. The lowest BCUT2D eigenvalue weighted by molar-refractivity contribution is 1.12. The van der Waals surface area contributed by atoms with Gasteiger partial charge >= 0.3 is 0 Å². The van der Waals surface area contributed by atoms with Gasteiger partial charge in [-0.25, -0.2) is 4.98 Å². The van der Waals surface area contributed by atoms with Crippen LogP contribution in [0.3, 0.4) is 0 Å². The third kappa shape index (κ3) is 2.26. The van der Waals surface area contributed by atoms with Crippen LogP contribution in [0.1, 0.15) is 29.9 Å². The van der Waals surface area contributed by atoms with E-state index in [2.05, 4.69) is 24.0 Å². The Balaban J connectivity index is 2.11. The molecule has 0 bridgehead atoms. The highest BCUT2D eigenvalue weighted by atomic mass is 35.5. The van der Waals surface area contributed by atoms with E-state index in [-0.39, 0.29) is 0 Å². The molecule has 1 aliphatic rings. The van der Waals surface area contributed by atoms with E-state index >= 15 is 0 Å². The lowest BCUT2D eigenvalue weighted by Crippen LogP contribution is -1.99. The summed E-state index contributed by atoms with van der Waals surface area (Å²) in [5.41, 5.74) is 16.1. The first-order chi connectivity index (χ1) is 9.06. The number of anilines is 2. The second kappa shape index (κ2) is 4.42. The summed E-state index contributed by atoms with van der Waals surface area (Å²) in [6, 6.07) is 7.88. The number of rotatable bonds is 2. The van der Waals surface area contributed by atoms with Gasteiger partial charge in [0.05, 0.1) is 16.4 Å². The number of benzene rings is 1. The van der Waals surface area contributed by atoms with Crippen LogP contribution >= 0.6 is 11.6 Å². The summed E-state index contributed by atoms with van der Waals surface area (Å²) in [7, 11) is 0. The molecule has 0 spiro atoms. The summed E-state index contributed by atoms with van der Waals surface area (Å²) in [5, 5.41) is 0.735. The Morgan fingerprint density at radius 3 is 2.53 bits per heavy atom. The number of hydrogen-bond acceptors (Lipinski definition) is 3. The van der Waals surface area contributed by atoms with Crippen molar-refractivity contribution in [2.45, 2.75) is 25.7 Å². The third-order valence-corrected chi connectivity index (χ3v) is 3.87. The van der Waals surface area contributed by atoms with Crippen molar-refractivity contribution in [1.82, 2.24) is 4.98 Å². The molecule has 0 saturated heterocycles. The Kier molecular flexibility index (Phi) is 2.86. The molecule has 4 N–H and O–H groups in total. The SMILES string of the molecule is Cc1cc(C2CC2)cc(Cl)c1-c1ccc(N)c(N)n1. The molecule has 0 radical (unpaired) electrons. The van der Waals surface area contributed by atoms with Crippen LogP contribution in [0.4, 0.5) is 11.5 Å². The van der Waals surface area contributed by atoms with Crippen LogP contribution in [0.5, 0.6) is 0 Å². The molecule has 4 heteroatoms. The Hall–Kier alpha value is -1.74. The Labute approximate surface area is 117 Å². The predicted octanol–water partition coefficient (Wildman–Crippen LogP) is 3.75. The van der Waals surface area contributed by atoms with E-state index in [0.717, 1.165) is 21.8 Å². The van der Waals surface area contributed by atoms with Crippen molar-refractivity contribution in [2.24, 2.45) is 0 Å². The highest BCUT2D eigenvalue weighted by molar-refractivity contribution is 6.33. The maximum atomic E-state index is 6.42. The molecule has 1 aromatic carbocycles. The Morgan fingerprint density at radius 2 is 1.95 bits per heavy atom. The van der Waals surface area contributed by atoms with Gasteiger partial charge in [-0.1, -0.05) is 17.7 Å². The van der Waals surface area contributed by atoms with Crippen molar-refractivity contribution >= 4 is 23.1 Å². The first-order valence-corrected chi connectivity index (χ1v) is 6.76. The normalized spacial score (nSPS) is 14.6. The summed E-state index contributed by atoms with van der Waals surface area (Å²) in [5.74, 6) is 1.04. The van der Waals surface area contributed by atoms with Crippen LogP contribution in [-0.2, 0) is 0 Å². The van der Waals surface area contributed by atoms with Crippen LogP contribution in [0.15, 0.2) is 24.3 Å². The Morgan fingerprint density at radius 1 is 1.21 bits per heavy atom. The van der Waals surface area contributed by atoms with Gasteiger partial charge in [0.1, 0.15) is 5.82 Å². The van der Waals surface area contributed by atoms with Crippen molar-refractivity contribution in [3.8, 4) is 11.3 Å². The summed E-state index contributed by atoms with van der Waals surface area (Å²) in [6.45, 7) is 2.06. The van der Waals surface area contributed by atoms with E-state index in [4.69, 9.17) is 23.1 Å². The van der Waals surface area contributed by atoms with Gasteiger partial charge in [0.25, 0.3) is 0 Å². The second-order valence-corrected chi connectivity index (χ2v) is 5.55. The first-order valence-electron chi connectivity index (χ1n) is 6.38. The molecule has 0 atom stereocenters. The van der Waals surface area contributed by atoms with E-state index in [1.165, 1.54) is 18.4 Å². The van der Waals surface area contributed by atoms with Crippen molar-refractivity contribution in [3.63, 3.8) is 0 Å². The molecule has 2 aromatic rings. The summed E-state index contributed by atoms with van der Waals surface area (Å²) < 4.78 is 0. The molecule has 3 rings (SSSR count). The quantitative estimate of drug-likeness (QED) is 0.876. The van der Waals surface area contributed by atoms with E-state index in [9.17, 15) is 0 Å².